The molecule has 12 heteroatoms. The van der Waals surface area contributed by atoms with E-state index in [4.69, 9.17) is 5.73 Å². The second-order valence-corrected chi connectivity index (χ2v) is 11.0. The number of halogens is 3. The highest BCUT2D eigenvalue weighted by atomic mass is 127. The number of hydrogen-bond donors (Lipinski definition) is 3. The van der Waals surface area contributed by atoms with Gasteiger partial charge in [0.05, 0.1) is 22.5 Å². The number of anilines is 3. The van der Waals surface area contributed by atoms with E-state index in [1.807, 2.05) is 22.6 Å². The molecule has 0 bridgehead atoms. The van der Waals surface area contributed by atoms with Crippen LogP contribution in [0.15, 0.2) is 47.3 Å². The van der Waals surface area contributed by atoms with E-state index in [-0.39, 0.29) is 40.3 Å². The largest absolute Gasteiger partial charge is 0.365 e. The maximum Gasteiger partial charge on any atom is 0.255 e. The van der Waals surface area contributed by atoms with Crippen LogP contribution >= 0.6 is 22.6 Å². The molecule has 1 saturated carbocycles. The predicted molar refractivity (Wildman–Crippen MR) is 142 cm³/mol. The Morgan fingerprint density at radius 2 is 1.89 bits per heavy atom. The zero-order valence-electron chi connectivity index (χ0n) is 19.3. The lowest BCUT2D eigenvalue weighted by Crippen LogP contribution is -2.34. The maximum absolute atomic E-state index is 15.5. The van der Waals surface area contributed by atoms with Crippen molar-refractivity contribution >= 4 is 56.6 Å². The van der Waals surface area contributed by atoms with E-state index < -0.39 is 39.5 Å². The van der Waals surface area contributed by atoms with Crippen LogP contribution in [0.2, 0.25) is 0 Å². The van der Waals surface area contributed by atoms with Crippen molar-refractivity contribution in [2.24, 2.45) is 12.8 Å². The maximum atomic E-state index is 15.5. The smallest absolute Gasteiger partial charge is 0.255 e. The topological polar surface area (TPSA) is 114 Å². The van der Waals surface area contributed by atoms with Crippen LogP contribution in [0, 0.1) is 15.2 Å². The molecule has 0 aliphatic heterocycles. The molecule has 1 heterocycles. The fraction of sp³-hybridized carbons (Fsp3) is 0.250. The Morgan fingerprint density at radius 3 is 2.47 bits per heavy atom. The van der Waals surface area contributed by atoms with E-state index in [2.05, 4.69) is 5.32 Å². The average molecular weight is 628 g/mol. The number of amides is 1. The molecule has 8 nitrogen and oxygen atoms in total. The predicted octanol–water partition coefficient (Wildman–Crippen LogP) is 3.59. The van der Waals surface area contributed by atoms with Gasteiger partial charge < -0.3 is 11.1 Å². The Bertz CT molecular complexity index is 1510. The van der Waals surface area contributed by atoms with Gasteiger partial charge >= 0.3 is 0 Å². The number of carbonyl (C=O) groups is 1. The van der Waals surface area contributed by atoms with Crippen molar-refractivity contribution in [3.8, 4) is 0 Å². The third-order valence-corrected chi connectivity index (χ3v) is 7.95. The zero-order chi connectivity index (χ0) is 26.4. The van der Waals surface area contributed by atoms with Gasteiger partial charge in [0, 0.05) is 22.6 Å². The summed E-state index contributed by atoms with van der Waals surface area (Å²) in [5.74, 6) is -2.23. The van der Waals surface area contributed by atoms with Gasteiger partial charge in [-0.05, 0) is 78.3 Å². The molecular formula is C24H23F2IN4O4S. The highest BCUT2D eigenvalue weighted by molar-refractivity contribution is 14.1. The van der Waals surface area contributed by atoms with E-state index >= 15 is 4.39 Å². The molecular weight excluding hydrogens is 605 g/mol. The number of thiol groups is 1. The first-order chi connectivity index (χ1) is 16.9. The van der Waals surface area contributed by atoms with Crippen molar-refractivity contribution < 1.29 is 22.0 Å². The molecule has 0 spiro atoms. The highest BCUT2D eigenvalue weighted by Crippen LogP contribution is 2.44. The van der Waals surface area contributed by atoms with Crippen molar-refractivity contribution in [2.75, 3.05) is 9.62 Å². The Labute approximate surface area is 221 Å². The number of nitrogens with two attached hydrogens (primary N) is 1. The van der Waals surface area contributed by atoms with Gasteiger partial charge in [-0.15, -0.1) is 0 Å². The summed E-state index contributed by atoms with van der Waals surface area (Å²) in [4.78, 5) is 25.4. The highest BCUT2D eigenvalue weighted by Gasteiger charge is 2.46. The van der Waals surface area contributed by atoms with Crippen LogP contribution in [0.4, 0.5) is 26.0 Å². The van der Waals surface area contributed by atoms with E-state index in [9.17, 15) is 22.4 Å². The lowest BCUT2D eigenvalue weighted by Gasteiger charge is -2.26. The first kappa shape index (κ1) is 26.1. The van der Waals surface area contributed by atoms with Crippen LogP contribution in [0.3, 0.4) is 0 Å². The first-order valence-electron chi connectivity index (χ1n) is 10.9. The standard InChI is InChI=1S/C24H23F2IN4O4S/c1-24(8-9-24)31(36(34)35)19-5-3-4-13(20(19)26)10-14-11-16(21(28)32)22(30(2)23(14)33)29-18-7-6-15(27)12-17(18)25/h3-7,11-12,29,36H,8-10H2,1-2H3,(H2,28,32). The summed E-state index contributed by atoms with van der Waals surface area (Å²) in [5.41, 5.74) is 4.32. The molecule has 1 amide bonds. The van der Waals surface area contributed by atoms with Crippen molar-refractivity contribution in [1.29, 1.82) is 0 Å². The van der Waals surface area contributed by atoms with Crippen LogP contribution in [0.5, 0.6) is 0 Å². The molecule has 190 valence electrons. The summed E-state index contributed by atoms with van der Waals surface area (Å²) in [6.07, 6.45) is 1.00. The molecule has 0 radical (unpaired) electrons. The molecule has 4 rings (SSSR count). The fourth-order valence-corrected chi connectivity index (χ4v) is 5.40. The van der Waals surface area contributed by atoms with E-state index in [1.165, 1.54) is 43.4 Å². The van der Waals surface area contributed by atoms with Gasteiger partial charge in [-0.3, -0.25) is 18.5 Å². The number of nitrogens with one attached hydrogen (secondary N) is 1. The second kappa shape index (κ2) is 9.81. The third-order valence-electron chi connectivity index (χ3n) is 6.25. The monoisotopic (exact) mass is 628 g/mol. The van der Waals surface area contributed by atoms with Crippen molar-refractivity contribution in [2.45, 2.75) is 31.7 Å². The molecule has 0 unspecified atom stereocenters. The fourth-order valence-electron chi connectivity index (χ4n) is 4.03. The summed E-state index contributed by atoms with van der Waals surface area (Å²) in [6, 6.07) is 9.99. The number of nitrogens with zero attached hydrogens (tertiary/aromatic N) is 2. The van der Waals surface area contributed by atoms with E-state index in [0.717, 1.165) is 8.87 Å². The molecule has 1 aliphatic carbocycles. The van der Waals surface area contributed by atoms with Crippen molar-refractivity contribution in [3.05, 3.63) is 84.7 Å². The lowest BCUT2D eigenvalue weighted by atomic mass is 10.0. The molecule has 1 aliphatic rings. The molecule has 36 heavy (non-hydrogen) atoms. The normalized spacial score (nSPS) is 14.1. The molecule has 1 fully saturated rings. The lowest BCUT2D eigenvalue weighted by molar-refractivity contribution is 0.100. The summed E-state index contributed by atoms with van der Waals surface area (Å²) in [5, 5.41) is 2.76. The third kappa shape index (κ3) is 4.96. The van der Waals surface area contributed by atoms with Crippen LogP contribution in [-0.2, 0) is 24.4 Å². The number of benzene rings is 2. The van der Waals surface area contributed by atoms with Crippen LogP contribution in [-0.4, -0.2) is 24.4 Å². The minimum absolute atomic E-state index is 0.0123. The number of hydrogen-bond acceptors (Lipinski definition) is 5. The number of rotatable bonds is 8. The number of primary amides is 1. The number of carbonyl (C=O) groups excluding carboxylic acids is 1. The molecule has 0 atom stereocenters. The van der Waals surface area contributed by atoms with E-state index in [1.54, 1.807) is 13.0 Å². The van der Waals surface area contributed by atoms with Gasteiger partial charge in [0.1, 0.15) is 11.6 Å². The number of pyridine rings is 1. The SMILES string of the molecule is Cn1c(Nc2ccc(I)cc2F)c(C(N)=O)cc(Cc2cccc(N([SH](=O)=O)C3(C)CC3)c2F)c1=O. The first-order valence-corrected chi connectivity index (χ1v) is 13.1. The molecule has 3 aromatic rings. The van der Waals surface area contributed by atoms with Crippen LogP contribution < -0.4 is 20.9 Å². The summed E-state index contributed by atoms with van der Waals surface area (Å²) in [7, 11) is -1.70. The van der Waals surface area contributed by atoms with Gasteiger partial charge in [0.15, 0.2) is 5.82 Å². The van der Waals surface area contributed by atoms with Gasteiger partial charge in [0.2, 0.25) is 10.9 Å². The molecule has 0 saturated heterocycles. The Hall–Kier alpha value is -3.00. The quantitative estimate of drug-likeness (QED) is 0.261. The van der Waals surface area contributed by atoms with Crippen molar-refractivity contribution in [3.63, 3.8) is 0 Å². The second-order valence-electron chi connectivity index (χ2n) is 8.88. The zero-order valence-corrected chi connectivity index (χ0v) is 22.4. The molecule has 3 N–H and O–H groups in total. The van der Waals surface area contributed by atoms with Gasteiger partial charge in [-0.25, -0.2) is 17.2 Å². The van der Waals surface area contributed by atoms with Gasteiger partial charge in [0.25, 0.3) is 11.5 Å². The minimum atomic E-state index is -3.09. The Kier molecular flexibility index (Phi) is 7.10. The average Bonchev–Trinajstić information content (AvgIpc) is 3.54. The van der Waals surface area contributed by atoms with Gasteiger partial charge in [-0.1, -0.05) is 12.1 Å². The van der Waals surface area contributed by atoms with Crippen LogP contribution in [0.1, 0.15) is 41.3 Å². The summed E-state index contributed by atoms with van der Waals surface area (Å²) < 4.78 is 56.6. The molecule has 1 aromatic heterocycles. The summed E-state index contributed by atoms with van der Waals surface area (Å²) >= 11 is 1.95. The van der Waals surface area contributed by atoms with Crippen molar-refractivity contribution in [1.82, 2.24) is 4.57 Å². The molecule has 2 aromatic carbocycles. The summed E-state index contributed by atoms with van der Waals surface area (Å²) in [6.45, 7) is 1.74. The van der Waals surface area contributed by atoms with E-state index in [0.29, 0.717) is 16.4 Å². The Morgan fingerprint density at radius 1 is 1.19 bits per heavy atom. The minimum Gasteiger partial charge on any atom is -0.365 e. The Balaban J connectivity index is 1.76. The van der Waals surface area contributed by atoms with Crippen LogP contribution in [0.25, 0.3) is 0 Å². The number of aromatic nitrogens is 1. The van der Waals surface area contributed by atoms with Gasteiger partial charge in [-0.2, -0.15) is 0 Å².